The molecule has 0 bridgehead atoms. The van der Waals surface area contributed by atoms with Crippen molar-refractivity contribution in [2.24, 2.45) is 5.92 Å². The molecule has 0 aliphatic heterocycles. The summed E-state index contributed by atoms with van der Waals surface area (Å²) in [5.41, 5.74) is 0. The normalized spacial score (nSPS) is 12.9. The van der Waals surface area contributed by atoms with Crippen LogP contribution in [0.2, 0.25) is 0 Å². The molecule has 0 saturated carbocycles. The lowest BCUT2D eigenvalue weighted by molar-refractivity contribution is 0.425. The van der Waals surface area contributed by atoms with Crippen LogP contribution in [0.15, 0.2) is 24.0 Å². The smallest absolute Gasteiger partial charge is 0.111 e. The van der Waals surface area contributed by atoms with Gasteiger partial charge >= 0.3 is 0 Å². The first-order chi connectivity index (χ1) is 7.66. The fourth-order valence-electron chi connectivity index (χ4n) is 1.64. The maximum absolute atomic E-state index is 9.47. The van der Waals surface area contributed by atoms with Crippen LogP contribution in [0.25, 0.3) is 0 Å². The molecule has 0 heterocycles. The maximum Gasteiger partial charge on any atom is 0.111 e. The highest BCUT2D eigenvalue weighted by molar-refractivity contribution is 5.10. The molecule has 16 heavy (non-hydrogen) atoms. The molecule has 1 heteroatoms. The van der Waals surface area contributed by atoms with Crippen molar-refractivity contribution in [3.63, 3.8) is 0 Å². The van der Waals surface area contributed by atoms with Gasteiger partial charge in [0.05, 0.1) is 0 Å². The fourth-order valence-corrected chi connectivity index (χ4v) is 1.64. The average molecular weight is 224 g/mol. The van der Waals surface area contributed by atoms with Crippen molar-refractivity contribution in [1.82, 2.24) is 0 Å². The molecular formula is C15H28O. The zero-order chi connectivity index (χ0) is 12.2. The van der Waals surface area contributed by atoms with Crippen LogP contribution in [0.5, 0.6) is 0 Å². The maximum atomic E-state index is 9.47. The van der Waals surface area contributed by atoms with Gasteiger partial charge in [0.15, 0.2) is 0 Å². The van der Waals surface area contributed by atoms with Gasteiger partial charge in [-0.25, -0.2) is 0 Å². The quantitative estimate of drug-likeness (QED) is 0.316. The second kappa shape index (κ2) is 10.8. The summed E-state index contributed by atoms with van der Waals surface area (Å²) >= 11 is 0. The standard InChI is InChI=1S/C15H28O/c1-4-5-6-7-8-9-10-11-12-15(16)13-14(2)3/h11-14,16H,4-10H2,1-3H3. The second-order valence-corrected chi connectivity index (χ2v) is 4.79. The van der Waals surface area contributed by atoms with Crippen LogP contribution in [0.4, 0.5) is 0 Å². The highest BCUT2D eigenvalue weighted by atomic mass is 16.3. The van der Waals surface area contributed by atoms with Gasteiger partial charge in [0.25, 0.3) is 0 Å². The predicted octanol–water partition coefficient (Wildman–Crippen LogP) is 5.39. The van der Waals surface area contributed by atoms with E-state index in [-0.39, 0.29) is 0 Å². The summed E-state index contributed by atoms with van der Waals surface area (Å²) in [4.78, 5) is 0. The van der Waals surface area contributed by atoms with E-state index in [4.69, 9.17) is 0 Å². The first kappa shape index (κ1) is 15.3. The van der Waals surface area contributed by atoms with E-state index in [1.165, 1.54) is 38.5 Å². The first-order valence-electron chi connectivity index (χ1n) is 6.74. The Bertz CT molecular complexity index is 201. The molecule has 0 rings (SSSR count). The number of aliphatic hydroxyl groups excluding tert-OH is 1. The van der Waals surface area contributed by atoms with Crippen molar-refractivity contribution in [3.8, 4) is 0 Å². The van der Waals surface area contributed by atoms with Gasteiger partial charge in [0, 0.05) is 0 Å². The van der Waals surface area contributed by atoms with Gasteiger partial charge in [0.1, 0.15) is 5.76 Å². The molecule has 0 aliphatic rings. The van der Waals surface area contributed by atoms with Crippen LogP contribution in [0.1, 0.15) is 65.7 Å². The van der Waals surface area contributed by atoms with E-state index >= 15 is 0 Å². The molecule has 0 atom stereocenters. The van der Waals surface area contributed by atoms with Gasteiger partial charge in [-0.2, -0.15) is 0 Å². The number of rotatable bonds is 9. The van der Waals surface area contributed by atoms with Gasteiger partial charge in [0.2, 0.25) is 0 Å². The lowest BCUT2D eigenvalue weighted by atomic mass is 10.1. The van der Waals surface area contributed by atoms with Gasteiger partial charge in [-0.15, -0.1) is 0 Å². The van der Waals surface area contributed by atoms with E-state index < -0.39 is 0 Å². The molecule has 0 radical (unpaired) electrons. The van der Waals surface area contributed by atoms with E-state index in [0.29, 0.717) is 11.7 Å². The topological polar surface area (TPSA) is 20.2 Å². The fraction of sp³-hybridized carbons (Fsp3) is 0.733. The highest BCUT2D eigenvalue weighted by Gasteiger charge is 1.90. The minimum absolute atomic E-state index is 0.404. The third-order valence-electron chi connectivity index (χ3n) is 2.52. The molecular weight excluding hydrogens is 196 g/mol. The molecule has 0 saturated heterocycles. The molecule has 1 nitrogen and oxygen atoms in total. The summed E-state index contributed by atoms with van der Waals surface area (Å²) in [7, 11) is 0. The number of unbranched alkanes of at least 4 members (excludes halogenated alkanes) is 6. The van der Waals surface area contributed by atoms with Crippen LogP contribution < -0.4 is 0 Å². The monoisotopic (exact) mass is 224 g/mol. The molecule has 0 amide bonds. The lowest BCUT2D eigenvalue weighted by Gasteiger charge is -1.98. The van der Waals surface area contributed by atoms with Crippen molar-refractivity contribution in [2.75, 3.05) is 0 Å². The van der Waals surface area contributed by atoms with E-state index in [1.807, 2.05) is 12.2 Å². The first-order valence-corrected chi connectivity index (χ1v) is 6.74. The van der Waals surface area contributed by atoms with Crippen molar-refractivity contribution in [3.05, 3.63) is 24.0 Å². The van der Waals surface area contributed by atoms with E-state index in [9.17, 15) is 5.11 Å². The zero-order valence-electron chi connectivity index (χ0n) is 11.2. The van der Waals surface area contributed by atoms with Crippen LogP contribution in [-0.4, -0.2) is 5.11 Å². The van der Waals surface area contributed by atoms with Gasteiger partial charge in [-0.3, -0.25) is 0 Å². The molecule has 0 fully saturated rings. The third-order valence-corrected chi connectivity index (χ3v) is 2.52. The Labute approximate surface area is 101 Å². The Morgan fingerprint density at radius 3 is 2.31 bits per heavy atom. The van der Waals surface area contributed by atoms with Crippen molar-refractivity contribution < 1.29 is 5.11 Å². The number of aliphatic hydroxyl groups is 1. The van der Waals surface area contributed by atoms with E-state index in [0.717, 1.165) is 6.42 Å². The van der Waals surface area contributed by atoms with Crippen LogP contribution in [-0.2, 0) is 0 Å². The summed E-state index contributed by atoms with van der Waals surface area (Å²) in [6.07, 6.45) is 14.8. The molecule has 0 aliphatic carbocycles. The Hall–Kier alpha value is -0.720. The Morgan fingerprint density at radius 2 is 1.69 bits per heavy atom. The Balaban J connectivity index is 3.40. The van der Waals surface area contributed by atoms with Crippen LogP contribution in [0, 0.1) is 5.92 Å². The molecule has 0 spiro atoms. The molecule has 0 aromatic heterocycles. The van der Waals surface area contributed by atoms with Gasteiger partial charge in [-0.1, -0.05) is 59.0 Å². The van der Waals surface area contributed by atoms with Crippen molar-refractivity contribution in [1.29, 1.82) is 0 Å². The molecule has 94 valence electrons. The lowest BCUT2D eigenvalue weighted by Crippen LogP contribution is -1.83. The predicted molar refractivity (Wildman–Crippen MR) is 72.7 cm³/mol. The molecule has 0 unspecified atom stereocenters. The minimum Gasteiger partial charge on any atom is -0.508 e. The number of hydrogen-bond acceptors (Lipinski definition) is 1. The molecule has 0 aromatic carbocycles. The second-order valence-electron chi connectivity index (χ2n) is 4.79. The molecule has 0 aromatic rings. The third kappa shape index (κ3) is 11.4. The SMILES string of the molecule is CCCCCCCCC=CC(O)=CC(C)C. The number of hydrogen-bond donors (Lipinski definition) is 1. The summed E-state index contributed by atoms with van der Waals surface area (Å²) in [5.74, 6) is 0.819. The number of allylic oxidation sites excluding steroid dienone is 3. The Kier molecular flexibility index (Phi) is 10.3. The summed E-state index contributed by atoms with van der Waals surface area (Å²) in [6, 6.07) is 0. The summed E-state index contributed by atoms with van der Waals surface area (Å²) in [6.45, 7) is 6.38. The zero-order valence-corrected chi connectivity index (χ0v) is 11.2. The van der Waals surface area contributed by atoms with E-state index in [1.54, 1.807) is 0 Å². The summed E-state index contributed by atoms with van der Waals surface area (Å²) in [5, 5.41) is 9.47. The Morgan fingerprint density at radius 1 is 1.06 bits per heavy atom. The molecule has 1 N–H and O–H groups in total. The van der Waals surface area contributed by atoms with E-state index in [2.05, 4.69) is 26.8 Å². The highest BCUT2D eigenvalue weighted by Crippen LogP contribution is 2.08. The van der Waals surface area contributed by atoms with Gasteiger partial charge in [-0.05, 0) is 30.9 Å². The largest absolute Gasteiger partial charge is 0.508 e. The van der Waals surface area contributed by atoms with Crippen molar-refractivity contribution >= 4 is 0 Å². The average Bonchev–Trinajstić information content (AvgIpc) is 2.21. The van der Waals surface area contributed by atoms with Crippen molar-refractivity contribution in [2.45, 2.75) is 65.7 Å². The summed E-state index contributed by atoms with van der Waals surface area (Å²) < 4.78 is 0. The van der Waals surface area contributed by atoms with Crippen LogP contribution >= 0.6 is 0 Å². The van der Waals surface area contributed by atoms with Crippen LogP contribution in [0.3, 0.4) is 0 Å². The minimum atomic E-state index is 0.404. The van der Waals surface area contributed by atoms with Gasteiger partial charge < -0.3 is 5.11 Å².